The van der Waals surface area contributed by atoms with E-state index in [1.165, 1.54) is 16.9 Å². The Morgan fingerprint density at radius 1 is 1.22 bits per heavy atom. The highest BCUT2D eigenvalue weighted by molar-refractivity contribution is 7.09. The lowest BCUT2D eigenvalue weighted by molar-refractivity contribution is 0.183. The molecule has 3 nitrogen and oxygen atoms in total. The number of benzene rings is 1. The van der Waals surface area contributed by atoms with Gasteiger partial charge in [-0.2, -0.15) is 0 Å². The van der Waals surface area contributed by atoms with Gasteiger partial charge in [0.1, 0.15) is 0 Å². The quantitative estimate of drug-likeness (QED) is 0.837. The van der Waals surface area contributed by atoms with E-state index in [0.29, 0.717) is 6.54 Å². The van der Waals surface area contributed by atoms with Gasteiger partial charge < -0.3 is 10.2 Å². The van der Waals surface area contributed by atoms with Crippen molar-refractivity contribution in [2.75, 3.05) is 13.1 Å². The molecule has 1 aromatic carbocycles. The first-order valence-electron chi connectivity index (χ1n) is 8.34. The minimum absolute atomic E-state index is 0.0445. The molecule has 1 N–H and O–H groups in total. The van der Waals surface area contributed by atoms with Crippen molar-refractivity contribution in [3.63, 3.8) is 0 Å². The zero-order valence-corrected chi connectivity index (χ0v) is 14.4. The molecule has 122 valence electrons. The number of carbonyl (C=O) groups is 1. The van der Waals surface area contributed by atoms with Crippen molar-refractivity contribution in [3.8, 4) is 0 Å². The second-order valence-corrected chi connectivity index (χ2v) is 7.28. The standard InChI is InChI=1S/C19H24N2OS/c1-2-21(14-17-10-6-13-23-17)18(22)20-15-19(11-7-12-19)16-8-4-3-5-9-16/h3-6,8-10,13H,2,7,11-12,14-15H2,1H3,(H,20,22). The molecular formula is C19H24N2OS. The summed E-state index contributed by atoms with van der Waals surface area (Å²) in [5.41, 5.74) is 1.49. The van der Waals surface area contributed by atoms with Crippen LogP contribution in [0.25, 0.3) is 0 Å². The summed E-state index contributed by atoms with van der Waals surface area (Å²) in [5.74, 6) is 0. The second-order valence-electron chi connectivity index (χ2n) is 6.25. The summed E-state index contributed by atoms with van der Waals surface area (Å²) in [6, 6.07) is 14.8. The van der Waals surface area contributed by atoms with Crippen LogP contribution in [0.4, 0.5) is 4.79 Å². The molecule has 1 aromatic heterocycles. The van der Waals surface area contributed by atoms with Gasteiger partial charge in [-0.3, -0.25) is 0 Å². The highest BCUT2D eigenvalue weighted by Crippen LogP contribution is 2.43. The van der Waals surface area contributed by atoms with Crippen LogP contribution in [0.15, 0.2) is 47.8 Å². The highest BCUT2D eigenvalue weighted by Gasteiger charge is 2.38. The molecule has 1 heterocycles. The predicted octanol–water partition coefficient (Wildman–Crippen LogP) is 4.40. The summed E-state index contributed by atoms with van der Waals surface area (Å²) < 4.78 is 0. The van der Waals surface area contributed by atoms with E-state index in [-0.39, 0.29) is 11.4 Å². The number of hydrogen-bond acceptors (Lipinski definition) is 2. The molecule has 0 unspecified atom stereocenters. The van der Waals surface area contributed by atoms with Crippen molar-refractivity contribution >= 4 is 17.4 Å². The fourth-order valence-electron chi connectivity index (χ4n) is 3.24. The summed E-state index contributed by atoms with van der Waals surface area (Å²) in [4.78, 5) is 15.6. The largest absolute Gasteiger partial charge is 0.337 e. The Balaban J connectivity index is 1.61. The number of carbonyl (C=O) groups excluding carboxylic acids is 1. The molecule has 4 heteroatoms. The van der Waals surface area contributed by atoms with Gasteiger partial charge >= 0.3 is 6.03 Å². The highest BCUT2D eigenvalue weighted by atomic mass is 32.1. The van der Waals surface area contributed by atoms with Crippen LogP contribution in [-0.4, -0.2) is 24.0 Å². The monoisotopic (exact) mass is 328 g/mol. The van der Waals surface area contributed by atoms with E-state index in [4.69, 9.17) is 0 Å². The summed E-state index contributed by atoms with van der Waals surface area (Å²) in [5, 5.41) is 5.23. The smallest absolute Gasteiger partial charge is 0.317 e. The molecule has 2 aromatic rings. The first-order valence-corrected chi connectivity index (χ1v) is 9.22. The molecule has 0 radical (unpaired) electrons. The van der Waals surface area contributed by atoms with Crippen molar-refractivity contribution in [1.82, 2.24) is 10.2 Å². The van der Waals surface area contributed by atoms with Crippen LogP contribution in [0.2, 0.25) is 0 Å². The van der Waals surface area contributed by atoms with Gasteiger partial charge in [-0.1, -0.05) is 42.8 Å². The van der Waals surface area contributed by atoms with Crippen LogP contribution in [0, 0.1) is 0 Å². The van der Waals surface area contributed by atoms with Gasteiger partial charge in [-0.25, -0.2) is 4.79 Å². The van der Waals surface area contributed by atoms with E-state index >= 15 is 0 Å². The molecule has 1 aliphatic carbocycles. The Hall–Kier alpha value is -1.81. The van der Waals surface area contributed by atoms with Gasteiger partial charge in [0, 0.05) is 23.4 Å². The molecule has 1 saturated carbocycles. The molecule has 1 fully saturated rings. The van der Waals surface area contributed by atoms with E-state index in [2.05, 4.69) is 41.0 Å². The third-order valence-corrected chi connectivity index (χ3v) is 5.73. The second kappa shape index (κ2) is 7.18. The molecule has 0 bridgehead atoms. The number of urea groups is 1. The van der Waals surface area contributed by atoms with Crippen LogP contribution < -0.4 is 5.32 Å². The molecule has 0 atom stereocenters. The number of hydrogen-bond donors (Lipinski definition) is 1. The van der Waals surface area contributed by atoms with E-state index in [1.54, 1.807) is 11.3 Å². The fraction of sp³-hybridized carbons (Fsp3) is 0.421. The number of amides is 2. The first kappa shape index (κ1) is 16.1. The average Bonchev–Trinajstić information content (AvgIpc) is 3.05. The molecule has 0 aliphatic heterocycles. The Morgan fingerprint density at radius 3 is 2.57 bits per heavy atom. The number of nitrogens with zero attached hydrogens (tertiary/aromatic N) is 1. The molecule has 23 heavy (non-hydrogen) atoms. The van der Waals surface area contributed by atoms with Crippen molar-refractivity contribution in [2.45, 2.75) is 38.1 Å². The normalized spacial score (nSPS) is 15.7. The van der Waals surface area contributed by atoms with Gasteiger partial charge in [-0.15, -0.1) is 11.3 Å². The molecule has 0 saturated heterocycles. The summed E-state index contributed by atoms with van der Waals surface area (Å²) in [6.45, 7) is 4.18. The zero-order chi connectivity index (χ0) is 16.1. The zero-order valence-electron chi connectivity index (χ0n) is 13.6. The maximum Gasteiger partial charge on any atom is 0.317 e. The van der Waals surface area contributed by atoms with E-state index in [9.17, 15) is 4.79 Å². The lowest BCUT2D eigenvalue weighted by atomic mass is 9.64. The molecular weight excluding hydrogens is 304 g/mol. The Labute approximate surface area is 142 Å². The topological polar surface area (TPSA) is 32.3 Å². The van der Waals surface area contributed by atoms with Gasteiger partial charge in [0.15, 0.2) is 0 Å². The minimum Gasteiger partial charge on any atom is -0.337 e. The lowest BCUT2D eigenvalue weighted by Crippen LogP contribution is -2.49. The molecule has 3 rings (SSSR count). The fourth-order valence-corrected chi connectivity index (χ4v) is 3.96. The Kier molecular flexibility index (Phi) is 5.01. The van der Waals surface area contributed by atoms with E-state index in [1.807, 2.05) is 24.0 Å². The van der Waals surface area contributed by atoms with Crippen LogP contribution in [0.3, 0.4) is 0 Å². The van der Waals surface area contributed by atoms with Gasteiger partial charge in [0.05, 0.1) is 6.54 Å². The molecule has 0 spiro atoms. The summed E-state index contributed by atoms with van der Waals surface area (Å²) >= 11 is 1.70. The van der Waals surface area contributed by atoms with Gasteiger partial charge in [-0.05, 0) is 36.8 Å². The Morgan fingerprint density at radius 2 is 2.00 bits per heavy atom. The number of nitrogens with one attached hydrogen (secondary N) is 1. The van der Waals surface area contributed by atoms with E-state index < -0.39 is 0 Å². The first-order chi connectivity index (χ1) is 11.2. The predicted molar refractivity (Wildman–Crippen MR) is 95.8 cm³/mol. The van der Waals surface area contributed by atoms with Gasteiger partial charge in [0.25, 0.3) is 0 Å². The van der Waals surface area contributed by atoms with Crippen molar-refractivity contribution in [2.24, 2.45) is 0 Å². The average molecular weight is 328 g/mol. The van der Waals surface area contributed by atoms with Crippen LogP contribution >= 0.6 is 11.3 Å². The third-order valence-electron chi connectivity index (χ3n) is 4.87. The third kappa shape index (κ3) is 3.58. The molecule has 1 aliphatic rings. The lowest BCUT2D eigenvalue weighted by Gasteiger charge is -2.43. The molecule has 2 amide bonds. The van der Waals surface area contributed by atoms with Crippen molar-refractivity contribution < 1.29 is 4.79 Å². The van der Waals surface area contributed by atoms with Crippen LogP contribution in [0.1, 0.15) is 36.6 Å². The van der Waals surface area contributed by atoms with Gasteiger partial charge in [0.2, 0.25) is 0 Å². The summed E-state index contributed by atoms with van der Waals surface area (Å²) in [6.07, 6.45) is 3.57. The maximum atomic E-state index is 12.5. The SMILES string of the molecule is CCN(Cc1cccs1)C(=O)NCC1(c2ccccc2)CCC1. The van der Waals surface area contributed by atoms with Crippen molar-refractivity contribution in [1.29, 1.82) is 0 Å². The minimum atomic E-state index is 0.0445. The number of thiophene rings is 1. The maximum absolute atomic E-state index is 12.5. The van der Waals surface area contributed by atoms with Crippen molar-refractivity contribution in [3.05, 3.63) is 58.3 Å². The Bertz CT molecular complexity index is 620. The number of rotatable bonds is 6. The van der Waals surface area contributed by atoms with Crippen LogP contribution in [0.5, 0.6) is 0 Å². The summed E-state index contributed by atoms with van der Waals surface area (Å²) in [7, 11) is 0. The van der Waals surface area contributed by atoms with Crippen LogP contribution in [-0.2, 0) is 12.0 Å². The van der Waals surface area contributed by atoms with E-state index in [0.717, 1.165) is 25.9 Å².